The molecule has 1 saturated heterocycles. The molecular formula is C26H28N2O3S. The van der Waals surface area contributed by atoms with Crippen molar-refractivity contribution in [3.8, 4) is 0 Å². The summed E-state index contributed by atoms with van der Waals surface area (Å²) >= 11 is 1.60. The number of aryl methyl sites for hydroxylation is 2. The van der Waals surface area contributed by atoms with Crippen LogP contribution < -0.4 is 5.32 Å². The Kier molecular flexibility index (Phi) is 6.70. The molecule has 0 aliphatic carbocycles. The van der Waals surface area contributed by atoms with E-state index >= 15 is 0 Å². The highest BCUT2D eigenvalue weighted by Crippen LogP contribution is 2.39. The molecule has 0 bridgehead atoms. The quantitative estimate of drug-likeness (QED) is 0.515. The van der Waals surface area contributed by atoms with Crippen molar-refractivity contribution in [2.75, 3.05) is 5.75 Å². The molecule has 0 unspecified atom stereocenters. The summed E-state index contributed by atoms with van der Waals surface area (Å²) in [6.07, 6.45) is 2.43. The average Bonchev–Trinajstić information content (AvgIpc) is 3.44. The van der Waals surface area contributed by atoms with Crippen LogP contribution in [0, 0.1) is 13.8 Å². The number of rotatable bonds is 7. The molecule has 166 valence electrons. The zero-order valence-electron chi connectivity index (χ0n) is 18.6. The largest absolute Gasteiger partial charge is 0.467 e. The summed E-state index contributed by atoms with van der Waals surface area (Å²) < 4.78 is 5.42. The van der Waals surface area contributed by atoms with Gasteiger partial charge < -0.3 is 14.6 Å². The van der Waals surface area contributed by atoms with Gasteiger partial charge in [0.05, 0.1) is 24.6 Å². The second kappa shape index (κ2) is 9.65. The lowest BCUT2D eigenvalue weighted by Crippen LogP contribution is -2.29. The van der Waals surface area contributed by atoms with Crippen molar-refractivity contribution in [3.05, 3.63) is 94.4 Å². The lowest BCUT2D eigenvalue weighted by Gasteiger charge is -2.23. The fourth-order valence-corrected chi connectivity index (χ4v) is 5.10. The van der Waals surface area contributed by atoms with Crippen LogP contribution in [0.25, 0.3) is 0 Å². The van der Waals surface area contributed by atoms with Crippen LogP contribution >= 0.6 is 11.8 Å². The number of nitrogens with zero attached hydrogens (tertiary/aromatic N) is 1. The van der Waals surface area contributed by atoms with E-state index in [2.05, 4.69) is 44.3 Å². The van der Waals surface area contributed by atoms with E-state index < -0.39 is 0 Å². The van der Waals surface area contributed by atoms with Crippen molar-refractivity contribution in [2.45, 2.75) is 45.2 Å². The molecule has 4 rings (SSSR count). The molecule has 1 fully saturated rings. The van der Waals surface area contributed by atoms with Gasteiger partial charge in [0.1, 0.15) is 11.1 Å². The monoisotopic (exact) mass is 448 g/mol. The molecule has 3 aromatic rings. The zero-order chi connectivity index (χ0) is 22.7. The normalized spacial score (nSPS) is 16.9. The first-order chi connectivity index (χ1) is 15.5. The van der Waals surface area contributed by atoms with Crippen molar-refractivity contribution in [1.29, 1.82) is 0 Å². The van der Waals surface area contributed by atoms with Crippen LogP contribution in [0.1, 0.15) is 63.1 Å². The third-order valence-electron chi connectivity index (χ3n) is 5.98. The molecule has 1 aliphatic rings. The smallest absolute Gasteiger partial charge is 0.251 e. The lowest BCUT2D eigenvalue weighted by atomic mass is 9.99. The van der Waals surface area contributed by atoms with E-state index in [4.69, 9.17) is 4.42 Å². The maximum absolute atomic E-state index is 12.9. The second-order valence-electron chi connectivity index (χ2n) is 8.16. The van der Waals surface area contributed by atoms with Crippen molar-refractivity contribution >= 4 is 23.6 Å². The van der Waals surface area contributed by atoms with Gasteiger partial charge in [0, 0.05) is 5.56 Å². The third kappa shape index (κ3) is 4.75. The van der Waals surface area contributed by atoms with Crippen LogP contribution in [-0.2, 0) is 11.3 Å². The highest BCUT2D eigenvalue weighted by molar-refractivity contribution is 8.00. The van der Waals surface area contributed by atoms with Crippen LogP contribution in [0.2, 0.25) is 0 Å². The van der Waals surface area contributed by atoms with Crippen LogP contribution in [0.5, 0.6) is 0 Å². The molecule has 2 aromatic carbocycles. The average molecular weight is 449 g/mol. The Balaban J connectivity index is 1.46. The molecule has 1 aromatic heterocycles. The molecule has 0 spiro atoms. The SMILES string of the molecule is CC[C@H](NC(=O)c1ccc([C@@H]2SCC(=O)N2Cc2ccco2)cc1)c1ccc(C)c(C)c1. The van der Waals surface area contributed by atoms with Gasteiger partial charge in [-0.25, -0.2) is 0 Å². The fraction of sp³-hybridized carbons (Fsp3) is 0.308. The standard InChI is InChI=1S/C26H28N2O3S/c1-4-23(21-8-7-17(2)18(3)14-21)27-25(30)19-9-11-20(12-10-19)26-28(24(29)16-32-26)15-22-6-5-13-31-22/h5-14,23,26H,4,15-16H2,1-3H3,(H,27,30)/t23-,26-/m0/s1. The van der Waals surface area contributed by atoms with E-state index in [1.54, 1.807) is 18.0 Å². The fourth-order valence-electron chi connectivity index (χ4n) is 3.91. The van der Waals surface area contributed by atoms with Gasteiger partial charge in [0.25, 0.3) is 5.91 Å². The van der Waals surface area contributed by atoms with Gasteiger partial charge in [-0.05, 0) is 66.8 Å². The van der Waals surface area contributed by atoms with Gasteiger partial charge in [-0.2, -0.15) is 0 Å². The van der Waals surface area contributed by atoms with Gasteiger partial charge in [0.15, 0.2) is 0 Å². The maximum atomic E-state index is 12.9. The minimum Gasteiger partial charge on any atom is -0.467 e. The number of amides is 2. The number of furan rings is 1. The molecule has 0 radical (unpaired) electrons. The van der Waals surface area contributed by atoms with E-state index in [-0.39, 0.29) is 23.2 Å². The molecule has 5 nitrogen and oxygen atoms in total. The number of thioether (sulfide) groups is 1. The van der Waals surface area contributed by atoms with Crippen molar-refractivity contribution in [2.24, 2.45) is 0 Å². The summed E-state index contributed by atoms with van der Waals surface area (Å²) in [5, 5.41) is 3.08. The van der Waals surface area contributed by atoms with Crippen LogP contribution in [-0.4, -0.2) is 22.5 Å². The number of nitrogens with one attached hydrogen (secondary N) is 1. The van der Waals surface area contributed by atoms with E-state index in [0.717, 1.165) is 23.3 Å². The molecular weight excluding hydrogens is 420 g/mol. The van der Waals surface area contributed by atoms with Crippen LogP contribution in [0.15, 0.2) is 65.3 Å². The summed E-state index contributed by atoms with van der Waals surface area (Å²) in [6.45, 7) is 6.70. The molecule has 1 aliphatic heterocycles. The Morgan fingerprint density at radius 3 is 2.59 bits per heavy atom. The Labute approximate surface area is 193 Å². The summed E-state index contributed by atoms with van der Waals surface area (Å²) in [4.78, 5) is 27.1. The van der Waals surface area contributed by atoms with Gasteiger partial charge >= 0.3 is 0 Å². The first kappa shape index (κ1) is 22.2. The molecule has 1 N–H and O–H groups in total. The Bertz CT molecular complexity index is 1090. The molecule has 2 heterocycles. The zero-order valence-corrected chi connectivity index (χ0v) is 19.4. The van der Waals surface area contributed by atoms with Crippen molar-refractivity contribution in [3.63, 3.8) is 0 Å². The molecule has 6 heteroatoms. The predicted molar refractivity (Wildman–Crippen MR) is 127 cm³/mol. The van der Waals surface area contributed by atoms with E-state index in [1.165, 1.54) is 11.1 Å². The molecule has 0 saturated carbocycles. The minimum absolute atomic E-state index is 0.0340. The van der Waals surface area contributed by atoms with Gasteiger partial charge in [-0.3, -0.25) is 9.59 Å². The summed E-state index contributed by atoms with van der Waals surface area (Å²) in [5.74, 6) is 1.21. The first-order valence-corrected chi connectivity index (χ1v) is 11.9. The number of hydrogen-bond donors (Lipinski definition) is 1. The third-order valence-corrected chi connectivity index (χ3v) is 7.24. The minimum atomic E-state index is -0.0933. The van der Waals surface area contributed by atoms with E-state index in [9.17, 15) is 9.59 Å². The van der Waals surface area contributed by atoms with Crippen LogP contribution in [0.3, 0.4) is 0 Å². The molecule has 2 amide bonds. The topological polar surface area (TPSA) is 62.6 Å². The molecule has 2 atom stereocenters. The van der Waals surface area contributed by atoms with Crippen molar-refractivity contribution < 1.29 is 14.0 Å². The predicted octanol–water partition coefficient (Wildman–Crippen LogP) is 5.55. The van der Waals surface area contributed by atoms with Crippen LogP contribution in [0.4, 0.5) is 0 Å². The summed E-state index contributed by atoms with van der Waals surface area (Å²) in [5.41, 5.74) is 5.21. The number of carbonyl (C=O) groups is 2. The maximum Gasteiger partial charge on any atom is 0.251 e. The lowest BCUT2D eigenvalue weighted by molar-refractivity contribution is -0.128. The first-order valence-electron chi connectivity index (χ1n) is 10.9. The number of hydrogen-bond acceptors (Lipinski definition) is 4. The highest BCUT2D eigenvalue weighted by atomic mass is 32.2. The van der Waals surface area contributed by atoms with Crippen molar-refractivity contribution in [1.82, 2.24) is 10.2 Å². The van der Waals surface area contributed by atoms with Gasteiger partial charge in [-0.1, -0.05) is 37.3 Å². The Morgan fingerprint density at radius 2 is 1.94 bits per heavy atom. The Hall–Kier alpha value is -2.99. The second-order valence-corrected chi connectivity index (χ2v) is 9.23. The van der Waals surface area contributed by atoms with E-state index in [1.807, 2.05) is 41.3 Å². The summed E-state index contributed by atoms with van der Waals surface area (Å²) in [6, 6.07) is 17.6. The highest BCUT2D eigenvalue weighted by Gasteiger charge is 2.33. The number of carbonyl (C=O) groups excluding carboxylic acids is 2. The number of benzene rings is 2. The Morgan fingerprint density at radius 1 is 1.16 bits per heavy atom. The summed E-state index contributed by atoms with van der Waals surface area (Å²) in [7, 11) is 0. The van der Waals surface area contributed by atoms with Gasteiger partial charge in [0.2, 0.25) is 5.91 Å². The van der Waals surface area contributed by atoms with E-state index in [0.29, 0.717) is 17.9 Å². The van der Waals surface area contributed by atoms with Gasteiger partial charge in [-0.15, -0.1) is 11.8 Å². The molecule has 32 heavy (non-hydrogen) atoms.